The van der Waals surface area contributed by atoms with Gasteiger partial charge in [-0.05, 0) is 77.0 Å². The molecule has 480 valence electrons. The van der Waals surface area contributed by atoms with Crippen LogP contribution in [0.1, 0.15) is 418 Å². The van der Waals surface area contributed by atoms with E-state index < -0.39 is 12.1 Å². The zero-order chi connectivity index (χ0) is 58.5. The molecule has 0 aliphatic heterocycles. The number of carbonyl (C=O) groups excluding carboxylic acids is 2. The number of unbranched alkanes of at least 4 members (excludes halogenated alkanes) is 55. The first kappa shape index (κ1) is 79.3. The maximum Gasteiger partial charge on any atom is 0.305 e. The van der Waals surface area contributed by atoms with Crippen molar-refractivity contribution in [1.29, 1.82) is 0 Å². The van der Waals surface area contributed by atoms with E-state index in [-0.39, 0.29) is 18.5 Å². The molecule has 81 heavy (non-hydrogen) atoms. The number of aliphatic hydroxyl groups excluding tert-OH is 2. The van der Waals surface area contributed by atoms with Gasteiger partial charge in [-0.1, -0.05) is 353 Å². The van der Waals surface area contributed by atoms with Crippen LogP contribution in [0.3, 0.4) is 0 Å². The lowest BCUT2D eigenvalue weighted by Crippen LogP contribution is -2.45. The number of ether oxygens (including phenoxy) is 1. The molecule has 0 aromatic carbocycles. The first-order chi connectivity index (χ1) is 40.0. The minimum Gasteiger partial charge on any atom is -0.466 e. The van der Waals surface area contributed by atoms with Gasteiger partial charge in [-0.2, -0.15) is 0 Å². The van der Waals surface area contributed by atoms with Crippen molar-refractivity contribution in [3.8, 4) is 0 Å². The maximum atomic E-state index is 12.5. The van der Waals surface area contributed by atoms with Crippen molar-refractivity contribution in [1.82, 2.24) is 5.32 Å². The van der Waals surface area contributed by atoms with E-state index in [1.54, 1.807) is 0 Å². The summed E-state index contributed by atoms with van der Waals surface area (Å²) < 4.78 is 5.51. The zero-order valence-electron chi connectivity index (χ0n) is 55.0. The number of esters is 1. The number of hydrogen-bond donors (Lipinski definition) is 3. The SMILES string of the molecule is CCCCCCCCC/C=C\CCCCCCCCCC(=O)OCCCCCCCCCCCCCCCC/C=C\CCCCCCCCCCCCCCCCCCCC(=O)NC(CO)C(O)CCCCCCCCCCCCC. The lowest BCUT2D eigenvalue weighted by atomic mass is 10.0. The lowest BCUT2D eigenvalue weighted by Gasteiger charge is -2.22. The molecule has 2 atom stereocenters. The second-order valence-electron chi connectivity index (χ2n) is 25.6. The highest BCUT2D eigenvalue weighted by atomic mass is 16.5. The highest BCUT2D eigenvalue weighted by Gasteiger charge is 2.20. The highest BCUT2D eigenvalue weighted by molar-refractivity contribution is 5.76. The van der Waals surface area contributed by atoms with Crippen molar-refractivity contribution in [3.05, 3.63) is 24.3 Å². The molecule has 1 amide bonds. The molecule has 0 aromatic heterocycles. The molecule has 0 radical (unpaired) electrons. The maximum absolute atomic E-state index is 12.5. The van der Waals surface area contributed by atoms with E-state index in [4.69, 9.17) is 4.74 Å². The van der Waals surface area contributed by atoms with Crippen LogP contribution in [0.2, 0.25) is 0 Å². The number of aliphatic hydroxyl groups is 2. The number of nitrogens with one attached hydrogen (secondary N) is 1. The van der Waals surface area contributed by atoms with E-state index in [0.717, 1.165) is 44.9 Å². The third-order valence-corrected chi connectivity index (χ3v) is 17.5. The van der Waals surface area contributed by atoms with Gasteiger partial charge in [0, 0.05) is 12.8 Å². The summed E-state index contributed by atoms with van der Waals surface area (Å²) in [5.74, 6) is -0.0123. The minimum atomic E-state index is -0.660. The van der Waals surface area contributed by atoms with Gasteiger partial charge in [0.2, 0.25) is 5.91 Å². The number of amides is 1. The first-order valence-corrected chi connectivity index (χ1v) is 37.1. The quantitative estimate of drug-likeness (QED) is 0.0320. The standard InChI is InChI=1S/C75H145NO5/c1-3-5-7-9-11-13-15-16-17-18-39-42-45-49-53-57-61-65-69-75(80)81-70-66-62-58-54-50-46-43-40-37-35-33-31-29-27-25-23-21-19-20-22-24-26-28-30-32-34-36-38-41-44-48-52-56-60-64-68-74(79)76-72(71-77)73(78)67-63-59-55-51-47-14-12-10-8-6-4-2/h17-18,21,23,72-73,77-78H,3-16,19-20,22,24-71H2,1-2H3,(H,76,79)/b18-17-,23-21-. The monoisotopic (exact) mass is 1140 g/mol. The normalized spacial score (nSPS) is 12.6. The molecule has 0 bridgehead atoms. The summed E-state index contributed by atoms with van der Waals surface area (Å²) in [5, 5.41) is 23.2. The van der Waals surface area contributed by atoms with Crippen LogP contribution in [-0.4, -0.2) is 47.4 Å². The fourth-order valence-corrected chi connectivity index (χ4v) is 11.8. The van der Waals surface area contributed by atoms with Crippen LogP contribution in [-0.2, 0) is 14.3 Å². The molecule has 0 fully saturated rings. The summed E-state index contributed by atoms with van der Waals surface area (Å²) in [6.45, 7) is 4.98. The van der Waals surface area contributed by atoms with Crippen molar-refractivity contribution < 1.29 is 24.5 Å². The Labute approximate surface area is 507 Å². The van der Waals surface area contributed by atoms with Gasteiger partial charge in [0.15, 0.2) is 0 Å². The molecule has 0 aliphatic carbocycles. The molecule has 0 aromatic rings. The Kier molecular flexibility index (Phi) is 69.4. The second-order valence-corrected chi connectivity index (χ2v) is 25.6. The molecule has 0 aliphatic rings. The zero-order valence-corrected chi connectivity index (χ0v) is 55.0. The minimum absolute atomic E-state index is 0.0180. The van der Waals surface area contributed by atoms with Gasteiger partial charge < -0.3 is 20.3 Å². The van der Waals surface area contributed by atoms with Crippen LogP contribution < -0.4 is 5.32 Å². The molecular weight excluding hydrogens is 995 g/mol. The fourth-order valence-electron chi connectivity index (χ4n) is 11.8. The number of hydrogen-bond acceptors (Lipinski definition) is 5. The molecule has 0 spiro atoms. The average molecular weight is 1140 g/mol. The van der Waals surface area contributed by atoms with E-state index in [1.807, 2.05) is 0 Å². The van der Waals surface area contributed by atoms with Gasteiger partial charge >= 0.3 is 5.97 Å². The third kappa shape index (κ3) is 67.3. The smallest absolute Gasteiger partial charge is 0.305 e. The Morgan fingerprint density at radius 3 is 0.877 bits per heavy atom. The Morgan fingerprint density at radius 2 is 0.580 bits per heavy atom. The topological polar surface area (TPSA) is 95.9 Å². The van der Waals surface area contributed by atoms with E-state index in [9.17, 15) is 19.8 Å². The Hall–Kier alpha value is -1.66. The molecule has 6 heteroatoms. The third-order valence-electron chi connectivity index (χ3n) is 17.5. The van der Waals surface area contributed by atoms with Gasteiger partial charge in [0.25, 0.3) is 0 Å². The summed E-state index contributed by atoms with van der Waals surface area (Å²) in [5.41, 5.74) is 0. The number of rotatable bonds is 70. The summed E-state index contributed by atoms with van der Waals surface area (Å²) in [4.78, 5) is 24.6. The highest BCUT2D eigenvalue weighted by Crippen LogP contribution is 2.19. The molecule has 0 heterocycles. The second kappa shape index (κ2) is 70.8. The van der Waals surface area contributed by atoms with E-state index in [1.165, 1.54) is 340 Å². The van der Waals surface area contributed by atoms with Crippen LogP contribution in [0.5, 0.6) is 0 Å². The van der Waals surface area contributed by atoms with Crippen molar-refractivity contribution in [2.24, 2.45) is 0 Å². The van der Waals surface area contributed by atoms with E-state index in [0.29, 0.717) is 25.9 Å². The van der Waals surface area contributed by atoms with Gasteiger partial charge in [0.05, 0.1) is 25.4 Å². The molecule has 2 unspecified atom stereocenters. The van der Waals surface area contributed by atoms with Gasteiger partial charge in [-0.25, -0.2) is 0 Å². The van der Waals surface area contributed by atoms with Gasteiger partial charge in [-0.3, -0.25) is 9.59 Å². The summed E-state index contributed by atoms with van der Waals surface area (Å²) >= 11 is 0. The van der Waals surface area contributed by atoms with Gasteiger partial charge in [0.1, 0.15) is 0 Å². The van der Waals surface area contributed by atoms with Crippen LogP contribution in [0.15, 0.2) is 24.3 Å². The Bertz CT molecular complexity index is 1270. The largest absolute Gasteiger partial charge is 0.466 e. The molecular formula is C75H145NO5. The van der Waals surface area contributed by atoms with Crippen LogP contribution in [0.4, 0.5) is 0 Å². The Balaban J connectivity index is 3.31. The summed E-state index contributed by atoms with van der Waals surface area (Å²) in [6.07, 6.45) is 89.8. The first-order valence-electron chi connectivity index (χ1n) is 37.1. The number of allylic oxidation sites excluding steroid dienone is 4. The fraction of sp³-hybridized carbons (Fsp3) is 0.920. The number of carbonyl (C=O) groups is 2. The van der Waals surface area contributed by atoms with E-state index >= 15 is 0 Å². The molecule has 0 rings (SSSR count). The van der Waals surface area contributed by atoms with Gasteiger partial charge in [-0.15, -0.1) is 0 Å². The predicted octanol–water partition coefficient (Wildman–Crippen LogP) is 24.1. The van der Waals surface area contributed by atoms with E-state index in [2.05, 4.69) is 43.5 Å². The van der Waals surface area contributed by atoms with Crippen LogP contribution in [0.25, 0.3) is 0 Å². The van der Waals surface area contributed by atoms with Crippen molar-refractivity contribution >= 4 is 11.9 Å². The molecule has 6 nitrogen and oxygen atoms in total. The molecule has 0 saturated carbocycles. The predicted molar refractivity (Wildman–Crippen MR) is 356 cm³/mol. The summed E-state index contributed by atoms with van der Waals surface area (Å²) in [6, 6.07) is -0.537. The summed E-state index contributed by atoms with van der Waals surface area (Å²) in [7, 11) is 0. The average Bonchev–Trinajstić information content (AvgIpc) is 3.47. The molecule has 0 saturated heterocycles. The van der Waals surface area contributed by atoms with Crippen molar-refractivity contribution in [2.75, 3.05) is 13.2 Å². The Morgan fingerprint density at radius 1 is 0.333 bits per heavy atom. The molecule has 3 N–H and O–H groups in total. The van der Waals surface area contributed by atoms with Crippen molar-refractivity contribution in [2.45, 2.75) is 431 Å². The van der Waals surface area contributed by atoms with Crippen LogP contribution in [0, 0.1) is 0 Å². The van der Waals surface area contributed by atoms with Crippen LogP contribution >= 0.6 is 0 Å². The van der Waals surface area contributed by atoms with Crippen molar-refractivity contribution in [3.63, 3.8) is 0 Å². The lowest BCUT2D eigenvalue weighted by molar-refractivity contribution is -0.143.